The van der Waals surface area contributed by atoms with Crippen molar-refractivity contribution in [1.29, 1.82) is 0 Å². The molecule has 0 bridgehead atoms. The molecule has 9 heteroatoms. The Morgan fingerprint density at radius 1 is 0.750 bits per heavy atom. The van der Waals surface area contributed by atoms with Crippen LogP contribution >= 0.6 is 31.1 Å². The van der Waals surface area contributed by atoms with Crippen LogP contribution in [0.2, 0.25) is 0 Å². The Labute approximate surface area is 152 Å². The monoisotopic (exact) mass is 442 g/mol. The molecule has 138 valence electrons. The van der Waals surface area contributed by atoms with E-state index in [9.17, 15) is 9.13 Å². The van der Waals surface area contributed by atoms with E-state index in [4.69, 9.17) is 18.1 Å². The largest absolute Gasteiger partial charge is 0.330 e. The van der Waals surface area contributed by atoms with Crippen LogP contribution in [0.3, 0.4) is 0 Å². The van der Waals surface area contributed by atoms with Crippen molar-refractivity contribution in [2.75, 3.05) is 40.8 Å². The van der Waals surface area contributed by atoms with E-state index >= 15 is 0 Å². The molecule has 0 aliphatic carbocycles. The molecule has 0 N–H and O–H groups in total. The Bertz CT molecular complexity index is 558. The fraction of sp³-hybridized carbons (Fsp3) is 0.600. The summed E-state index contributed by atoms with van der Waals surface area (Å²) >= 11 is 3.45. The predicted octanol–water partition coefficient (Wildman–Crippen LogP) is 4.64. The Morgan fingerprint density at radius 3 is 1.38 bits per heavy atom. The van der Waals surface area contributed by atoms with E-state index in [1.807, 2.05) is 18.2 Å². The van der Waals surface area contributed by atoms with Crippen molar-refractivity contribution in [3.63, 3.8) is 0 Å². The molecule has 0 aliphatic rings. The first-order chi connectivity index (χ1) is 11.3. The maximum atomic E-state index is 12.2. The number of halogens is 1. The fourth-order valence-corrected chi connectivity index (χ4v) is 4.67. The van der Waals surface area contributed by atoms with Gasteiger partial charge in [0.25, 0.3) is 0 Å². The van der Waals surface area contributed by atoms with Gasteiger partial charge in [-0.15, -0.1) is 0 Å². The van der Waals surface area contributed by atoms with Crippen LogP contribution in [0.4, 0.5) is 0 Å². The highest BCUT2D eigenvalue weighted by Crippen LogP contribution is 2.47. The van der Waals surface area contributed by atoms with E-state index in [1.54, 1.807) is 0 Å². The van der Waals surface area contributed by atoms with Crippen LogP contribution in [0.15, 0.2) is 18.2 Å². The number of hydrogen-bond acceptors (Lipinski definition) is 6. The summed E-state index contributed by atoms with van der Waals surface area (Å²) in [5.41, 5.74) is 3.15. The number of aryl methyl sites for hydroxylation is 2. The van der Waals surface area contributed by atoms with Crippen LogP contribution in [0.5, 0.6) is 0 Å². The standard InChI is InChI=1S/C15H25BrO6P2/c1-19-23(17,20-2)7-5-13-9-14(11-15(10-13)12-16)6-8-24(18,21-3)22-4/h9-11H,5-8,12H2,1-4H3. The average molecular weight is 443 g/mol. The summed E-state index contributed by atoms with van der Waals surface area (Å²) in [6, 6.07) is 6.10. The quantitative estimate of drug-likeness (QED) is 0.367. The molecule has 0 spiro atoms. The zero-order valence-electron chi connectivity index (χ0n) is 14.5. The highest BCUT2D eigenvalue weighted by Gasteiger charge is 2.22. The Hall–Kier alpha value is -0.0000000000000000763. The topological polar surface area (TPSA) is 71.1 Å². The lowest BCUT2D eigenvalue weighted by Gasteiger charge is -2.16. The van der Waals surface area contributed by atoms with Crippen molar-refractivity contribution >= 4 is 31.1 Å². The highest BCUT2D eigenvalue weighted by molar-refractivity contribution is 9.08. The van der Waals surface area contributed by atoms with Gasteiger partial charge in [0, 0.05) is 33.8 Å². The summed E-state index contributed by atoms with van der Waals surface area (Å²) in [7, 11) is -0.520. The zero-order valence-corrected chi connectivity index (χ0v) is 17.9. The van der Waals surface area contributed by atoms with Crippen molar-refractivity contribution in [2.24, 2.45) is 0 Å². The Balaban J connectivity index is 2.88. The molecule has 0 atom stereocenters. The molecular formula is C15H25BrO6P2. The second-order valence-corrected chi connectivity index (χ2v) is 10.6. The summed E-state index contributed by atoms with van der Waals surface area (Å²) in [6.07, 6.45) is 1.75. The molecule has 0 saturated carbocycles. The van der Waals surface area contributed by atoms with Crippen LogP contribution < -0.4 is 0 Å². The molecule has 1 aromatic rings. The first-order valence-electron chi connectivity index (χ1n) is 7.42. The van der Waals surface area contributed by atoms with Gasteiger partial charge in [0.1, 0.15) is 0 Å². The van der Waals surface area contributed by atoms with E-state index in [2.05, 4.69) is 15.9 Å². The lowest BCUT2D eigenvalue weighted by atomic mass is 10.0. The van der Waals surface area contributed by atoms with Crippen LogP contribution in [-0.4, -0.2) is 40.8 Å². The van der Waals surface area contributed by atoms with E-state index in [1.165, 1.54) is 28.4 Å². The van der Waals surface area contributed by atoms with Gasteiger partial charge in [-0.25, -0.2) is 0 Å². The molecule has 0 aliphatic heterocycles. The smallest absolute Gasteiger partial charge is 0.312 e. The molecule has 0 radical (unpaired) electrons. The lowest BCUT2D eigenvalue weighted by molar-refractivity contribution is 0.275. The van der Waals surface area contributed by atoms with E-state index in [0.717, 1.165) is 16.7 Å². The molecule has 0 amide bonds. The number of benzene rings is 1. The minimum Gasteiger partial charge on any atom is -0.312 e. The van der Waals surface area contributed by atoms with Gasteiger partial charge in [-0.3, -0.25) is 9.13 Å². The number of hydrogen-bond donors (Lipinski definition) is 0. The zero-order chi connectivity index (χ0) is 18.2. The third-order valence-corrected chi connectivity index (χ3v) is 8.14. The second-order valence-electron chi connectivity index (χ2n) is 5.19. The van der Waals surface area contributed by atoms with Gasteiger partial charge in [-0.1, -0.05) is 34.1 Å². The molecule has 0 saturated heterocycles. The molecule has 0 heterocycles. The van der Waals surface area contributed by atoms with Crippen LogP contribution in [0.1, 0.15) is 16.7 Å². The summed E-state index contributed by atoms with van der Waals surface area (Å²) in [5, 5.41) is 0.701. The number of rotatable bonds is 11. The summed E-state index contributed by atoms with van der Waals surface area (Å²) in [4.78, 5) is 0. The molecule has 0 aromatic heterocycles. The normalized spacial score (nSPS) is 12.5. The van der Waals surface area contributed by atoms with Gasteiger partial charge in [0.2, 0.25) is 0 Å². The highest BCUT2D eigenvalue weighted by atomic mass is 79.9. The third kappa shape index (κ3) is 6.72. The lowest BCUT2D eigenvalue weighted by Crippen LogP contribution is -2.02. The molecule has 24 heavy (non-hydrogen) atoms. The van der Waals surface area contributed by atoms with Gasteiger partial charge < -0.3 is 18.1 Å². The SMILES string of the molecule is COP(=O)(CCc1cc(CBr)cc(CCP(=O)(OC)OC)c1)OC. The average Bonchev–Trinajstić information content (AvgIpc) is 2.64. The summed E-state index contributed by atoms with van der Waals surface area (Å²) < 4.78 is 44.2. The van der Waals surface area contributed by atoms with Crippen LogP contribution in [0, 0.1) is 0 Å². The Morgan fingerprint density at radius 2 is 1.08 bits per heavy atom. The van der Waals surface area contributed by atoms with Gasteiger partial charge >= 0.3 is 15.2 Å². The van der Waals surface area contributed by atoms with Crippen molar-refractivity contribution in [1.82, 2.24) is 0 Å². The van der Waals surface area contributed by atoms with Gasteiger partial charge in [-0.05, 0) is 29.5 Å². The molecule has 6 nitrogen and oxygen atoms in total. The maximum Gasteiger partial charge on any atom is 0.330 e. The van der Waals surface area contributed by atoms with Gasteiger partial charge in [0.05, 0.1) is 12.3 Å². The van der Waals surface area contributed by atoms with E-state index in [-0.39, 0.29) is 0 Å². The summed E-state index contributed by atoms with van der Waals surface area (Å²) in [6.45, 7) is 0. The Kier molecular flexibility index (Phi) is 9.39. The minimum atomic E-state index is -3.03. The fourth-order valence-electron chi connectivity index (χ4n) is 2.25. The van der Waals surface area contributed by atoms with Crippen molar-refractivity contribution in [3.05, 3.63) is 34.9 Å². The van der Waals surface area contributed by atoms with Gasteiger partial charge in [-0.2, -0.15) is 0 Å². The molecular weight excluding hydrogens is 418 g/mol. The molecule has 0 unspecified atom stereocenters. The first-order valence-corrected chi connectivity index (χ1v) is 12.0. The van der Waals surface area contributed by atoms with Crippen molar-refractivity contribution in [3.8, 4) is 0 Å². The molecule has 0 fully saturated rings. The van der Waals surface area contributed by atoms with E-state index < -0.39 is 15.2 Å². The third-order valence-electron chi connectivity index (χ3n) is 3.73. The summed E-state index contributed by atoms with van der Waals surface area (Å²) in [5.74, 6) is 0. The van der Waals surface area contributed by atoms with Crippen LogP contribution in [-0.2, 0) is 45.4 Å². The second kappa shape index (κ2) is 10.2. The van der Waals surface area contributed by atoms with E-state index in [0.29, 0.717) is 30.5 Å². The van der Waals surface area contributed by atoms with Gasteiger partial charge in [0.15, 0.2) is 0 Å². The molecule has 1 aromatic carbocycles. The first kappa shape index (κ1) is 22.0. The predicted molar refractivity (Wildman–Crippen MR) is 99.5 cm³/mol. The maximum absolute atomic E-state index is 12.2. The number of alkyl halides is 1. The van der Waals surface area contributed by atoms with Crippen LogP contribution in [0.25, 0.3) is 0 Å². The molecule has 1 rings (SSSR count). The van der Waals surface area contributed by atoms with Crippen molar-refractivity contribution < 1.29 is 27.2 Å². The minimum absolute atomic E-state index is 0.305. The van der Waals surface area contributed by atoms with Crippen molar-refractivity contribution in [2.45, 2.75) is 18.2 Å².